The predicted octanol–water partition coefficient (Wildman–Crippen LogP) is 1.57. The lowest BCUT2D eigenvalue weighted by molar-refractivity contribution is 0.245. The summed E-state index contributed by atoms with van der Waals surface area (Å²) in [7, 11) is -1.48. The molecule has 0 aromatic carbocycles. The molecule has 2 aliphatic rings. The number of likely N-dealkylation sites (N-methyl/N-ethyl adjacent to an activating group) is 1. The van der Waals surface area contributed by atoms with Gasteiger partial charge in [-0.3, -0.25) is 0 Å². The number of nitrogens with one attached hydrogen (secondary N) is 2. The fourth-order valence-corrected chi connectivity index (χ4v) is 6.08. The Labute approximate surface area is 133 Å². The molecule has 1 unspecified atom stereocenters. The first-order chi connectivity index (χ1) is 10.0. The molecule has 2 rings (SSSR count). The van der Waals surface area contributed by atoms with E-state index < -0.39 is 10.2 Å². The van der Waals surface area contributed by atoms with Crippen molar-refractivity contribution in [3.8, 4) is 0 Å². The molecule has 1 saturated heterocycles. The van der Waals surface area contributed by atoms with Crippen molar-refractivity contribution in [3.63, 3.8) is 0 Å². The van der Waals surface area contributed by atoms with E-state index in [-0.39, 0.29) is 10.8 Å². The smallest absolute Gasteiger partial charge is 0.279 e. The summed E-state index contributed by atoms with van der Waals surface area (Å²) in [6.07, 6.45) is 9.82. The fraction of sp³-hybridized carbons (Fsp3) is 1.00. The van der Waals surface area contributed by atoms with Crippen molar-refractivity contribution in [1.82, 2.24) is 14.3 Å². The molecule has 0 aromatic rings. The first-order valence-electron chi connectivity index (χ1n) is 7.99. The summed E-state index contributed by atoms with van der Waals surface area (Å²) >= 11 is 1.82. The number of hydrogen-bond donors (Lipinski definition) is 2. The zero-order chi connectivity index (χ0) is 15.3. The van der Waals surface area contributed by atoms with Gasteiger partial charge in [-0.05, 0) is 39.0 Å². The third-order valence-electron chi connectivity index (χ3n) is 4.85. The van der Waals surface area contributed by atoms with Gasteiger partial charge in [-0.25, -0.2) is 4.72 Å². The molecule has 1 saturated carbocycles. The number of piperidine rings is 1. The van der Waals surface area contributed by atoms with E-state index >= 15 is 0 Å². The standard InChI is InChI=1S/C14H29N3O2S2/c1-15-11-13-7-3-6-10-17(13)21(18,19)16-12-14(20-2)8-4-5-9-14/h13,15-16H,3-12H2,1-2H3. The molecule has 1 aliphatic carbocycles. The quantitative estimate of drug-likeness (QED) is 0.741. The minimum atomic E-state index is -3.36. The molecule has 2 fully saturated rings. The molecule has 0 spiro atoms. The minimum absolute atomic E-state index is 0.0926. The average molecular weight is 336 g/mol. The number of nitrogens with zero attached hydrogens (tertiary/aromatic N) is 1. The van der Waals surface area contributed by atoms with E-state index in [0.29, 0.717) is 13.1 Å². The second-order valence-electron chi connectivity index (χ2n) is 6.24. The number of hydrogen-bond acceptors (Lipinski definition) is 4. The van der Waals surface area contributed by atoms with Crippen LogP contribution in [0.3, 0.4) is 0 Å². The Hall–Kier alpha value is 0.180. The maximum absolute atomic E-state index is 12.7. The van der Waals surface area contributed by atoms with E-state index in [1.807, 2.05) is 18.8 Å². The summed E-state index contributed by atoms with van der Waals surface area (Å²) in [6.45, 7) is 1.95. The molecule has 0 radical (unpaired) electrons. The Morgan fingerprint density at radius 1 is 1.24 bits per heavy atom. The van der Waals surface area contributed by atoms with Gasteiger partial charge in [0.25, 0.3) is 10.2 Å². The Balaban J connectivity index is 1.99. The van der Waals surface area contributed by atoms with Gasteiger partial charge in [0.2, 0.25) is 0 Å². The highest BCUT2D eigenvalue weighted by Crippen LogP contribution is 2.39. The van der Waals surface area contributed by atoms with Crippen molar-refractivity contribution in [1.29, 1.82) is 0 Å². The molecular formula is C14H29N3O2S2. The molecule has 7 heteroatoms. The van der Waals surface area contributed by atoms with E-state index in [4.69, 9.17) is 0 Å². The van der Waals surface area contributed by atoms with Crippen LogP contribution in [0, 0.1) is 0 Å². The minimum Gasteiger partial charge on any atom is -0.318 e. The summed E-state index contributed by atoms with van der Waals surface area (Å²) in [5, 5.41) is 3.12. The maximum atomic E-state index is 12.7. The first-order valence-corrected chi connectivity index (χ1v) is 10.7. The van der Waals surface area contributed by atoms with E-state index in [1.165, 1.54) is 12.8 Å². The van der Waals surface area contributed by atoms with Crippen molar-refractivity contribution < 1.29 is 8.42 Å². The van der Waals surface area contributed by atoms with Gasteiger partial charge in [0.05, 0.1) is 0 Å². The topological polar surface area (TPSA) is 61.4 Å². The third-order valence-corrected chi connectivity index (χ3v) is 7.87. The zero-order valence-corrected chi connectivity index (χ0v) is 14.9. The molecule has 0 bridgehead atoms. The predicted molar refractivity (Wildman–Crippen MR) is 89.9 cm³/mol. The molecule has 1 aliphatic heterocycles. The lowest BCUT2D eigenvalue weighted by Crippen LogP contribution is -2.53. The van der Waals surface area contributed by atoms with Crippen LogP contribution in [0.2, 0.25) is 0 Å². The third kappa shape index (κ3) is 4.34. The number of thioether (sulfide) groups is 1. The molecule has 5 nitrogen and oxygen atoms in total. The summed E-state index contributed by atoms with van der Waals surface area (Å²) in [6, 6.07) is 0.0926. The average Bonchev–Trinajstić information content (AvgIpc) is 2.96. The van der Waals surface area contributed by atoms with Crippen LogP contribution < -0.4 is 10.0 Å². The van der Waals surface area contributed by atoms with Crippen LogP contribution in [0.1, 0.15) is 44.9 Å². The van der Waals surface area contributed by atoms with E-state index in [9.17, 15) is 8.42 Å². The molecular weight excluding hydrogens is 306 g/mol. The Kier molecular flexibility index (Phi) is 6.38. The van der Waals surface area contributed by atoms with Crippen LogP contribution in [0.15, 0.2) is 0 Å². The molecule has 21 heavy (non-hydrogen) atoms. The highest BCUT2D eigenvalue weighted by Gasteiger charge is 2.37. The second-order valence-corrected chi connectivity index (χ2v) is 9.22. The summed E-state index contributed by atoms with van der Waals surface area (Å²) < 4.78 is 30.0. The summed E-state index contributed by atoms with van der Waals surface area (Å²) in [5.41, 5.74) is 0. The maximum Gasteiger partial charge on any atom is 0.279 e. The molecule has 1 heterocycles. The van der Waals surface area contributed by atoms with Gasteiger partial charge in [0.1, 0.15) is 0 Å². The van der Waals surface area contributed by atoms with Crippen molar-refractivity contribution in [2.24, 2.45) is 0 Å². The summed E-state index contributed by atoms with van der Waals surface area (Å²) in [5.74, 6) is 0. The Bertz CT molecular complexity index is 420. The van der Waals surface area contributed by atoms with Crippen LogP contribution in [0.4, 0.5) is 0 Å². The monoisotopic (exact) mass is 335 g/mol. The van der Waals surface area contributed by atoms with Crippen molar-refractivity contribution in [2.75, 3.05) is 32.9 Å². The van der Waals surface area contributed by atoms with E-state index in [2.05, 4.69) is 16.3 Å². The van der Waals surface area contributed by atoms with Crippen LogP contribution in [0.25, 0.3) is 0 Å². The van der Waals surface area contributed by atoms with Crippen LogP contribution >= 0.6 is 11.8 Å². The normalized spacial score (nSPS) is 27.0. The van der Waals surface area contributed by atoms with Crippen molar-refractivity contribution in [3.05, 3.63) is 0 Å². The zero-order valence-electron chi connectivity index (χ0n) is 13.2. The summed E-state index contributed by atoms with van der Waals surface area (Å²) in [4.78, 5) is 0. The van der Waals surface area contributed by atoms with Gasteiger partial charge >= 0.3 is 0 Å². The van der Waals surface area contributed by atoms with Gasteiger partial charge in [-0.1, -0.05) is 19.3 Å². The van der Waals surface area contributed by atoms with E-state index in [0.717, 1.165) is 38.6 Å². The van der Waals surface area contributed by atoms with Gasteiger partial charge in [0.15, 0.2) is 0 Å². The second kappa shape index (κ2) is 7.64. The van der Waals surface area contributed by atoms with E-state index in [1.54, 1.807) is 4.31 Å². The van der Waals surface area contributed by atoms with Crippen molar-refractivity contribution in [2.45, 2.75) is 55.7 Å². The fourth-order valence-electron chi connectivity index (χ4n) is 3.51. The van der Waals surface area contributed by atoms with Gasteiger partial charge in [-0.15, -0.1) is 0 Å². The molecule has 2 N–H and O–H groups in total. The lowest BCUT2D eigenvalue weighted by atomic mass is 10.1. The van der Waals surface area contributed by atoms with Crippen LogP contribution in [0.5, 0.6) is 0 Å². The Morgan fingerprint density at radius 2 is 1.95 bits per heavy atom. The Morgan fingerprint density at radius 3 is 2.57 bits per heavy atom. The SMILES string of the molecule is CNCC1CCCCN1S(=O)(=O)NCC1(SC)CCCC1. The van der Waals surface area contributed by atoms with Crippen molar-refractivity contribution >= 4 is 22.0 Å². The van der Waals surface area contributed by atoms with Gasteiger partial charge < -0.3 is 5.32 Å². The van der Waals surface area contributed by atoms with Gasteiger partial charge in [-0.2, -0.15) is 24.5 Å². The molecule has 124 valence electrons. The first kappa shape index (κ1) is 17.5. The lowest BCUT2D eigenvalue weighted by Gasteiger charge is -2.36. The largest absolute Gasteiger partial charge is 0.318 e. The van der Waals surface area contributed by atoms with Crippen LogP contribution in [-0.2, 0) is 10.2 Å². The highest BCUT2D eigenvalue weighted by molar-refractivity contribution is 8.00. The molecule has 1 atom stereocenters. The highest BCUT2D eigenvalue weighted by atomic mass is 32.2. The molecule has 0 aromatic heterocycles. The van der Waals surface area contributed by atoms with Crippen LogP contribution in [-0.4, -0.2) is 56.4 Å². The molecule has 0 amide bonds. The number of rotatable bonds is 7. The van der Waals surface area contributed by atoms with Gasteiger partial charge in [0, 0.05) is 30.4 Å².